The summed E-state index contributed by atoms with van der Waals surface area (Å²) in [6, 6.07) is 4.41. The van der Waals surface area contributed by atoms with Gasteiger partial charge in [-0.2, -0.15) is 0 Å². The van der Waals surface area contributed by atoms with Crippen LogP contribution in [0.4, 0.5) is 5.00 Å². The molecule has 0 aliphatic heterocycles. The van der Waals surface area contributed by atoms with Crippen LogP contribution in [0.15, 0.2) is 12.1 Å². The quantitative estimate of drug-likeness (QED) is 0.697. The van der Waals surface area contributed by atoms with E-state index in [1.165, 1.54) is 5.00 Å². The van der Waals surface area contributed by atoms with Crippen molar-refractivity contribution in [3.05, 3.63) is 17.0 Å². The van der Waals surface area contributed by atoms with Crippen molar-refractivity contribution in [2.75, 3.05) is 11.4 Å². The van der Waals surface area contributed by atoms with Crippen molar-refractivity contribution in [1.29, 1.82) is 0 Å². The highest BCUT2D eigenvalue weighted by Crippen LogP contribution is 2.26. The molecule has 0 fully saturated rings. The first-order chi connectivity index (χ1) is 6.69. The largest absolute Gasteiger partial charge is 0.361 e. The van der Waals surface area contributed by atoms with Crippen LogP contribution in [-0.2, 0) is 0 Å². The summed E-state index contributed by atoms with van der Waals surface area (Å²) in [7, 11) is 0. The SMILES string of the molecule is CCCN(c1ccc(C=O)s1)C(C)C. The first kappa shape index (κ1) is 11.2. The van der Waals surface area contributed by atoms with Crippen molar-refractivity contribution < 1.29 is 4.79 Å². The highest BCUT2D eigenvalue weighted by molar-refractivity contribution is 7.17. The van der Waals surface area contributed by atoms with Gasteiger partial charge in [-0.05, 0) is 32.4 Å². The Balaban J connectivity index is 2.81. The number of carbonyl (C=O) groups is 1. The summed E-state index contributed by atoms with van der Waals surface area (Å²) in [6.07, 6.45) is 2.05. The average molecular weight is 211 g/mol. The minimum atomic E-state index is 0.494. The second-order valence-corrected chi connectivity index (χ2v) is 4.67. The summed E-state index contributed by atoms with van der Waals surface area (Å²) in [4.78, 5) is 13.7. The van der Waals surface area contributed by atoms with Gasteiger partial charge < -0.3 is 4.90 Å². The van der Waals surface area contributed by atoms with Gasteiger partial charge in [-0.25, -0.2) is 0 Å². The molecule has 1 heterocycles. The van der Waals surface area contributed by atoms with Crippen molar-refractivity contribution in [3.8, 4) is 0 Å². The molecule has 0 bridgehead atoms. The summed E-state index contributed by atoms with van der Waals surface area (Å²) in [5, 5.41) is 1.20. The standard InChI is InChI=1S/C11H17NOS/c1-4-7-12(9(2)3)11-6-5-10(8-13)14-11/h5-6,8-9H,4,7H2,1-3H3. The van der Waals surface area contributed by atoms with Gasteiger partial charge in [0.25, 0.3) is 0 Å². The fraction of sp³-hybridized carbons (Fsp3) is 0.545. The van der Waals surface area contributed by atoms with Crippen molar-refractivity contribution in [2.45, 2.75) is 33.2 Å². The zero-order valence-electron chi connectivity index (χ0n) is 8.99. The van der Waals surface area contributed by atoms with E-state index in [4.69, 9.17) is 0 Å². The summed E-state index contributed by atoms with van der Waals surface area (Å²) in [6.45, 7) is 7.58. The van der Waals surface area contributed by atoms with Gasteiger partial charge in [0.05, 0.1) is 9.88 Å². The second kappa shape index (κ2) is 5.15. The number of carbonyl (C=O) groups excluding carboxylic acids is 1. The minimum absolute atomic E-state index is 0.494. The number of hydrogen-bond donors (Lipinski definition) is 0. The fourth-order valence-electron chi connectivity index (χ4n) is 1.42. The Morgan fingerprint density at radius 3 is 2.64 bits per heavy atom. The number of anilines is 1. The van der Waals surface area contributed by atoms with Gasteiger partial charge in [-0.1, -0.05) is 6.92 Å². The molecule has 0 atom stereocenters. The van der Waals surface area contributed by atoms with Crippen LogP contribution in [0, 0.1) is 0 Å². The number of nitrogens with zero attached hydrogens (tertiary/aromatic N) is 1. The highest BCUT2D eigenvalue weighted by Gasteiger charge is 2.11. The number of rotatable bonds is 5. The first-order valence-electron chi connectivity index (χ1n) is 5.00. The van der Waals surface area contributed by atoms with Crippen LogP contribution in [0.5, 0.6) is 0 Å². The molecule has 1 aromatic rings. The molecule has 0 radical (unpaired) electrons. The molecule has 0 spiro atoms. The average Bonchev–Trinajstić information content (AvgIpc) is 2.61. The van der Waals surface area contributed by atoms with E-state index in [2.05, 4.69) is 25.7 Å². The molecular weight excluding hydrogens is 194 g/mol. The zero-order valence-corrected chi connectivity index (χ0v) is 9.80. The maximum Gasteiger partial charge on any atom is 0.160 e. The van der Waals surface area contributed by atoms with E-state index in [1.807, 2.05) is 12.1 Å². The molecule has 14 heavy (non-hydrogen) atoms. The molecule has 0 saturated heterocycles. The Hall–Kier alpha value is -0.830. The van der Waals surface area contributed by atoms with Crippen LogP contribution in [0.3, 0.4) is 0 Å². The van der Waals surface area contributed by atoms with E-state index in [0.717, 1.165) is 24.1 Å². The monoisotopic (exact) mass is 211 g/mol. The molecule has 0 aliphatic rings. The van der Waals surface area contributed by atoms with Crippen molar-refractivity contribution in [2.24, 2.45) is 0 Å². The van der Waals surface area contributed by atoms with Gasteiger partial charge in [0.1, 0.15) is 0 Å². The molecular formula is C11H17NOS. The third kappa shape index (κ3) is 2.58. The first-order valence-corrected chi connectivity index (χ1v) is 5.82. The number of hydrogen-bond acceptors (Lipinski definition) is 3. The lowest BCUT2D eigenvalue weighted by Gasteiger charge is -2.26. The summed E-state index contributed by atoms with van der Waals surface area (Å²) < 4.78 is 0. The van der Waals surface area contributed by atoms with Gasteiger partial charge in [0.2, 0.25) is 0 Å². The van der Waals surface area contributed by atoms with Crippen LogP contribution >= 0.6 is 11.3 Å². The molecule has 0 aliphatic carbocycles. The zero-order chi connectivity index (χ0) is 10.6. The Labute approximate surface area is 89.5 Å². The smallest absolute Gasteiger partial charge is 0.160 e. The summed E-state index contributed by atoms with van der Waals surface area (Å²) >= 11 is 1.57. The Bertz CT molecular complexity index is 293. The maximum absolute atomic E-state index is 10.6. The topological polar surface area (TPSA) is 20.3 Å². The van der Waals surface area contributed by atoms with Gasteiger partial charge in [-0.15, -0.1) is 11.3 Å². The van der Waals surface area contributed by atoms with Gasteiger partial charge >= 0.3 is 0 Å². The van der Waals surface area contributed by atoms with E-state index >= 15 is 0 Å². The van der Waals surface area contributed by atoms with Crippen LogP contribution in [0.25, 0.3) is 0 Å². The van der Waals surface area contributed by atoms with Crippen molar-refractivity contribution >= 4 is 22.6 Å². The maximum atomic E-state index is 10.6. The van der Waals surface area contributed by atoms with Crippen LogP contribution in [0.1, 0.15) is 36.9 Å². The van der Waals surface area contributed by atoms with Crippen molar-refractivity contribution in [3.63, 3.8) is 0 Å². The second-order valence-electron chi connectivity index (χ2n) is 3.58. The normalized spacial score (nSPS) is 10.6. The molecule has 1 rings (SSSR count). The Kier molecular flexibility index (Phi) is 4.14. The lowest BCUT2D eigenvalue weighted by Crippen LogP contribution is -2.30. The van der Waals surface area contributed by atoms with E-state index in [-0.39, 0.29) is 0 Å². The van der Waals surface area contributed by atoms with E-state index in [0.29, 0.717) is 6.04 Å². The van der Waals surface area contributed by atoms with Crippen LogP contribution in [-0.4, -0.2) is 18.9 Å². The molecule has 0 amide bonds. The Morgan fingerprint density at radius 2 is 2.21 bits per heavy atom. The molecule has 0 N–H and O–H groups in total. The predicted molar refractivity (Wildman–Crippen MR) is 62.5 cm³/mol. The minimum Gasteiger partial charge on any atom is -0.361 e. The van der Waals surface area contributed by atoms with Gasteiger partial charge in [0.15, 0.2) is 6.29 Å². The number of thiophene rings is 1. The molecule has 0 saturated carbocycles. The highest BCUT2D eigenvalue weighted by atomic mass is 32.1. The molecule has 1 aromatic heterocycles. The molecule has 2 nitrogen and oxygen atoms in total. The molecule has 78 valence electrons. The summed E-state index contributed by atoms with van der Waals surface area (Å²) in [5.41, 5.74) is 0. The van der Waals surface area contributed by atoms with Gasteiger partial charge in [0, 0.05) is 12.6 Å². The van der Waals surface area contributed by atoms with E-state index in [1.54, 1.807) is 11.3 Å². The lowest BCUT2D eigenvalue weighted by atomic mass is 10.3. The molecule has 3 heteroatoms. The fourth-order valence-corrected chi connectivity index (χ4v) is 2.40. The molecule has 0 unspecified atom stereocenters. The predicted octanol–water partition coefficient (Wildman–Crippen LogP) is 3.19. The molecule has 0 aromatic carbocycles. The van der Waals surface area contributed by atoms with Crippen molar-refractivity contribution in [1.82, 2.24) is 0 Å². The lowest BCUT2D eigenvalue weighted by molar-refractivity contribution is 0.112. The Morgan fingerprint density at radius 1 is 1.50 bits per heavy atom. The van der Waals surface area contributed by atoms with Gasteiger partial charge in [-0.3, -0.25) is 4.79 Å². The van der Waals surface area contributed by atoms with E-state index in [9.17, 15) is 4.79 Å². The third-order valence-electron chi connectivity index (χ3n) is 2.10. The van der Waals surface area contributed by atoms with E-state index < -0.39 is 0 Å². The van der Waals surface area contributed by atoms with Crippen LogP contribution in [0.2, 0.25) is 0 Å². The van der Waals surface area contributed by atoms with Crippen LogP contribution < -0.4 is 4.90 Å². The number of aldehydes is 1. The third-order valence-corrected chi connectivity index (χ3v) is 3.15. The summed E-state index contributed by atoms with van der Waals surface area (Å²) in [5.74, 6) is 0.